The fourth-order valence-corrected chi connectivity index (χ4v) is 4.24. The maximum atomic E-state index is 6.52. The second kappa shape index (κ2) is 7.77. The van der Waals surface area contributed by atoms with Crippen LogP contribution in [0.25, 0.3) is 0 Å². The van der Waals surface area contributed by atoms with Crippen molar-refractivity contribution in [2.75, 3.05) is 19.6 Å². The van der Waals surface area contributed by atoms with Gasteiger partial charge in [-0.15, -0.1) is 0 Å². The third kappa shape index (κ3) is 3.96. The fraction of sp³-hybridized carbons (Fsp3) is 1.00. The standard InChI is InChI=1S/C17H34N2O/c1-3-15(4-2)19(13-12-18)14-16-8-11-17(20-16)9-6-5-7-10-17/h15-16H,3-14,18H2,1-2H3. The van der Waals surface area contributed by atoms with Gasteiger partial charge in [-0.2, -0.15) is 0 Å². The lowest BCUT2D eigenvalue weighted by Crippen LogP contribution is -2.43. The van der Waals surface area contributed by atoms with Crippen LogP contribution in [0.5, 0.6) is 0 Å². The average molecular weight is 282 g/mol. The minimum atomic E-state index is 0.255. The number of nitrogens with zero attached hydrogens (tertiary/aromatic N) is 1. The highest BCUT2D eigenvalue weighted by atomic mass is 16.5. The van der Waals surface area contributed by atoms with Crippen LogP contribution in [0.3, 0.4) is 0 Å². The predicted molar refractivity (Wildman–Crippen MR) is 84.9 cm³/mol. The van der Waals surface area contributed by atoms with Crippen LogP contribution in [-0.4, -0.2) is 42.3 Å². The van der Waals surface area contributed by atoms with Crippen molar-refractivity contribution in [3.8, 4) is 0 Å². The van der Waals surface area contributed by atoms with E-state index in [9.17, 15) is 0 Å². The summed E-state index contributed by atoms with van der Waals surface area (Å²) in [5.41, 5.74) is 6.06. The zero-order chi connectivity index (χ0) is 14.4. The van der Waals surface area contributed by atoms with E-state index < -0.39 is 0 Å². The zero-order valence-electron chi connectivity index (χ0n) is 13.6. The Morgan fingerprint density at radius 2 is 1.85 bits per heavy atom. The molecule has 1 aliphatic heterocycles. The largest absolute Gasteiger partial charge is 0.370 e. The number of ether oxygens (including phenoxy) is 1. The van der Waals surface area contributed by atoms with E-state index in [-0.39, 0.29) is 5.60 Å². The summed E-state index contributed by atoms with van der Waals surface area (Å²) >= 11 is 0. The molecular formula is C17H34N2O. The van der Waals surface area contributed by atoms with Gasteiger partial charge < -0.3 is 10.5 Å². The van der Waals surface area contributed by atoms with Gasteiger partial charge in [0.2, 0.25) is 0 Å². The molecule has 1 aliphatic carbocycles. The van der Waals surface area contributed by atoms with Crippen molar-refractivity contribution < 1.29 is 4.74 Å². The molecule has 0 aromatic rings. The van der Waals surface area contributed by atoms with E-state index >= 15 is 0 Å². The van der Waals surface area contributed by atoms with Crippen molar-refractivity contribution in [3.05, 3.63) is 0 Å². The van der Waals surface area contributed by atoms with Gasteiger partial charge in [0.25, 0.3) is 0 Å². The van der Waals surface area contributed by atoms with Crippen LogP contribution in [0.1, 0.15) is 71.6 Å². The number of hydrogen-bond acceptors (Lipinski definition) is 3. The second-order valence-electron chi connectivity index (χ2n) is 6.78. The third-order valence-electron chi connectivity index (χ3n) is 5.42. The lowest BCUT2D eigenvalue weighted by molar-refractivity contribution is -0.0748. The van der Waals surface area contributed by atoms with Gasteiger partial charge in [0.1, 0.15) is 0 Å². The molecule has 2 N–H and O–H groups in total. The normalized spacial score (nSPS) is 25.9. The van der Waals surface area contributed by atoms with E-state index in [1.807, 2.05) is 0 Å². The van der Waals surface area contributed by atoms with Gasteiger partial charge in [0.15, 0.2) is 0 Å². The molecule has 1 saturated carbocycles. The molecule has 0 aromatic heterocycles. The van der Waals surface area contributed by atoms with Crippen LogP contribution in [-0.2, 0) is 4.74 Å². The van der Waals surface area contributed by atoms with Crippen LogP contribution >= 0.6 is 0 Å². The molecule has 0 amide bonds. The molecule has 1 heterocycles. The van der Waals surface area contributed by atoms with Gasteiger partial charge in [-0.25, -0.2) is 0 Å². The van der Waals surface area contributed by atoms with E-state index in [1.54, 1.807) is 0 Å². The van der Waals surface area contributed by atoms with Crippen molar-refractivity contribution in [1.29, 1.82) is 0 Å². The molecule has 2 rings (SSSR count). The van der Waals surface area contributed by atoms with Crippen LogP contribution in [0.15, 0.2) is 0 Å². The number of rotatable bonds is 7. The fourth-order valence-electron chi connectivity index (χ4n) is 4.24. The first kappa shape index (κ1) is 16.3. The monoisotopic (exact) mass is 282 g/mol. The number of hydrogen-bond donors (Lipinski definition) is 1. The van der Waals surface area contributed by atoms with Crippen LogP contribution in [0.4, 0.5) is 0 Å². The summed E-state index contributed by atoms with van der Waals surface area (Å²) in [4.78, 5) is 2.58. The first-order chi connectivity index (χ1) is 9.73. The van der Waals surface area contributed by atoms with Gasteiger partial charge in [-0.05, 0) is 38.5 Å². The smallest absolute Gasteiger partial charge is 0.0710 e. The molecule has 1 unspecified atom stereocenters. The summed E-state index contributed by atoms with van der Waals surface area (Å²) < 4.78 is 6.52. The van der Waals surface area contributed by atoms with Gasteiger partial charge in [-0.1, -0.05) is 33.1 Å². The van der Waals surface area contributed by atoms with Crippen molar-refractivity contribution >= 4 is 0 Å². The molecule has 3 nitrogen and oxygen atoms in total. The van der Waals surface area contributed by atoms with Gasteiger partial charge in [-0.3, -0.25) is 4.90 Å². The minimum Gasteiger partial charge on any atom is -0.370 e. The van der Waals surface area contributed by atoms with Crippen molar-refractivity contribution in [3.63, 3.8) is 0 Å². The SMILES string of the molecule is CCC(CC)N(CCN)CC1CCC2(CCCCC2)O1. The van der Waals surface area contributed by atoms with Crippen LogP contribution in [0.2, 0.25) is 0 Å². The molecule has 1 atom stereocenters. The molecule has 1 saturated heterocycles. The molecule has 2 fully saturated rings. The first-order valence-corrected chi connectivity index (χ1v) is 8.85. The summed E-state index contributed by atoms with van der Waals surface area (Å²) in [6, 6.07) is 0.671. The quantitative estimate of drug-likeness (QED) is 0.778. The average Bonchev–Trinajstić information content (AvgIpc) is 2.84. The molecule has 0 radical (unpaired) electrons. The predicted octanol–water partition coefficient (Wildman–Crippen LogP) is 3.32. The van der Waals surface area contributed by atoms with Crippen LogP contribution in [0, 0.1) is 0 Å². The molecule has 20 heavy (non-hydrogen) atoms. The number of nitrogens with two attached hydrogens (primary N) is 1. The zero-order valence-corrected chi connectivity index (χ0v) is 13.6. The maximum absolute atomic E-state index is 6.52. The van der Waals surface area contributed by atoms with E-state index in [4.69, 9.17) is 10.5 Å². The first-order valence-electron chi connectivity index (χ1n) is 8.85. The van der Waals surface area contributed by atoms with Gasteiger partial charge in [0.05, 0.1) is 11.7 Å². The minimum absolute atomic E-state index is 0.255. The van der Waals surface area contributed by atoms with E-state index in [0.29, 0.717) is 12.1 Å². The lowest BCUT2D eigenvalue weighted by Gasteiger charge is -2.36. The summed E-state index contributed by atoms with van der Waals surface area (Å²) in [6.45, 7) is 7.44. The van der Waals surface area contributed by atoms with Gasteiger partial charge in [0, 0.05) is 25.7 Å². The van der Waals surface area contributed by atoms with Crippen LogP contribution < -0.4 is 5.73 Å². The second-order valence-corrected chi connectivity index (χ2v) is 6.78. The Bertz CT molecular complexity index is 272. The molecule has 3 heteroatoms. The highest BCUT2D eigenvalue weighted by Gasteiger charge is 2.41. The summed E-state index contributed by atoms with van der Waals surface area (Å²) in [6.07, 6.45) is 12.2. The Labute approximate surface area is 125 Å². The molecule has 1 spiro atoms. The van der Waals surface area contributed by atoms with E-state index in [1.165, 1.54) is 57.8 Å². The summed E-state index contributed by atoms with van der Waals surface area (Å²) in [5.74, 6) is 0. The Balaban J connectivity index is 1.87. The summed E-state index contributed by atoms with van der Waals surface area (Å²) in [7, 11) is 0. The van der Waals surface area contributed by atoms with E-state index in [2.05, 4.69) is 18.7 Å². The third-order valence-corrected chi connectivity index (χ3v) is 5.42. The molecule has 2 aliphatic rings. The Kier molecular flexibility index (Phi) is 6.31. The lowest BCUT2D eigenvalue weighted by atomic mass is 9.83. The highest BCUT2D eigenvalue weighted by molar-refractivity contribution is 4.92. The highest BCUT2D eigenvalue weighted by Crippen LogP contribution is 2.42. The van der Waals surface area contributed by atoms with Crippen molar-refractivity contribution in [2.45, 2.75) is 89.4 Å². The van der Waals surface area contributed by atoms with Crippen molar-refractivity contribution in [1.82, 2.24) is 4.90 Å². The molecule has 0 aromatic carbocycles. The van der Waals surface area contributed by atoms with Gasteiger partial charge >= 0.3 is 0 Å². The Morgan fingerprint density at radius 1 is 1.15 bits per heavy atom. The Hall–Kier alpha value is -0.120. The topological polar surface area (TPSA) is 38.5 Å². The molecule has 118 valence electrons. The van der Waals surface area contributed by atoms with Crippen molar-refractivity contribution in [2.24, 2.45) is 5.73 Å². The summed E-state index contributed by atoms with van der Waals surface area (Å²) in [5, 5.41) is 0. The maximum Gasteiger partial charge on any atom is 0.0710 e. The van der Waals surface area contributed by atoms with E-state index in [0.717, 1.165) is 19.6 Å². The Morgan fingerprint density at radius 3 is 2.45 bits per heavy atom. The molecular weight excluding hydrogens is 248 g/mol. The molecule has 0 bridgehead atoms.